The Morgan fingerprint density at radius 1 is 1.36 bits per heavy atom. The van der Waals surface area contributed by atoms with E-state index >= 15 is 0 Å². The van der Waals surface area contributed by atoms with Crippen LogP contribution in [0, 0.1) is 0 Å². The lowest BCUT2D eigenvalue weighted by molar-refractivity contribution is 0.0943. The molecular weight excluding hydrogens is 278 g/mol. The van der Waals surface area contributed by atoms with Crippen molar-refractivity contribution in [3.63, 3.8) is 0 Å². The third-order valence-electron chi connectivity index (χ3n) is 4.31. The summed E-state index contributed by atoms with van der Waals surface area (Å²) in [5.41, 5.74) is 4.71. The number of aromatic amines is 1. The van der Waals surface area contributed by atoms with Gasteiger partial charge in [0.1, 0.15) is 5.82 Å². The van der Waals surface area contributed by atoms with Crippen molar-refractivity contribution in [2.75, 3.05) is 0 Å². The van der Waals surface area contributed by atoms with Gasteiger partial charge in [-0.05, 0) is 31.4 Å². The molecule has 22 heavy (non-hydrogen) atoms. The van der Waals surface area contributed by atoms with Crippen LogP contribution in [-0.2, 0) is 26.4 Å². The lowest BCUT2D eigenvalue weighted by atomic mass is 10.2. The van der Waals surface area contributed by atoms with Crippen LogP contribution in [-0.4, -0.2) is 25.7 Å². The molecule has 0 atom stereocenters. The van der Waals surface area contributed by atoms with Crippen LogP contribution in [0.2, 0.25) is 0 Å². The van der Waals surface area contributed by atoms with E-state index < -0.39 is 0 Å². The third kappa shape index (κ3) is 1.99. The fraction of sp³-hybridized carbons (Fsp3) is 0.312. The largest absolute Gasteiger partial charge is 0.343 e. The molecule has 1 aliphatic carbocycles. The number of imidazole rings is 1. The summed E-state index contributed by atoms with van der Waals surface area (Å²) in [6, 6.07) is 7.94. The number of aryl methyl sites for hydroxylation is 2. The molecule has 0 spiro atoms. The van der Waals surface area contributed by atoms with Crippen molar-refractivity contribution in [2.45, 2.75) is 25.8 Å². The van der Waals surface area contributed by atoms with Gasteiger partial charge in [0, 0.05) is 18.3 Å². The first kappa shape index (κ1) is 13.1. The van der Waals surface area contributed by atoms with Gasteiger partial charge in [0.15, 0.2) is 5.69 Å². The number of hydrogen-bond donors (Lipinski definition) is 2. The van der Waals surface area contributed by atoms with Crippen molar-refractivity contribution in [3.05, 3.63) is 47.0 Å². The molecule has 0 unspecified atom stereocenters. The normalized spacial score (nSPS) is 13.5. The quantitative estimate of drug-likeness (QED) is 0.772. The van der Waals surface area contributed by atoms with Gasteiger partial charge in [0.2, 0.25) is 0 Å². The van der Waals surface area contributed by atoms with Gasteiger partial charge in [-0.1, -0.05) is 12.1 Å². The average molecular weight is 295 g/mol. The number of fused-ring (bicyclic) bond motifs is 2. The maximum atomic E-state index is 12.3. The van der Waals surface area contributed by atoms with Crippen molar-refractivity contribution < 1.29 is 4.79 Å². The van der Waals surface area contributed by atoms with Gasteiger partial charge in [0.25, 0.3) is 5.91 Å². The summed E-state index contributed by atoms with van der Waals surface area (Å²) in [5, 5.41) is 10.0. The highest BCUT2D eigenvalue weighted by Gasteiger charge is 2.23. The molecule has 2 N–H and O–H groups in total. The Morgan fingerprint density at radius 2 is 2.23 bits per heavy atom. The van der Waals surface area contributed by atoms with Gasteiger partial charge in [0.05, 0.1) is 17.6 Å². The Kier molecular flexibility index (Phi) is 2.96. The number of rotatable bonds is 3. The molecule has 0 aliphatic heterocycles. The summed E-state index contributed by atoms with van der Waals surface area (Å²) in [4.78, 5) is 16.9. The SMILES string of the molecule is Cn1c(CNC(=O)c2n[nH]c3c2CCC3)nc2ccccc21. The molecule has 0 radical (unpaired) electrons. The van der Waals surface area contributed by atoms with Crippen molar-refractivity contribution in [1.29, 1.82) is 0 Å². The van der Waals surface area contributed by atoms with Gasteiger partial charge in [-0.2, -0.15) is 5.10 Å². The highest BCUT2D eigenvalue weighted by Crippen LogP contribution is 2.22. The predicted octanol–water partition coefficient (Wildman–Crippen LogP) is 1.72. The molecule has 0 saturated heterocycles. The van der Waals surface area contributed by atoms with Crippen LogP contribution < -0.4 is 5.32 Å². The van der Waals surface area contributed by atoms with Crippen LogP contribution in [0.5, 0.6) is 0 Å². The second kappa shape index (κ2) is 4.98. The van der Waals surface area contributed by atoms with Crippen molar-refractivity contribution in [1.82, 2.24) is 25.1 Å². The molecule has 3 aromatic rings. The zero-order valence-corrected chi connectivity index (χ0v) is 12.4. The van der Waals surface area contributed by atoms with E-state index in [0.717, 1.165) is 47.4 Å². The maximum absolute atomic E-state index is 12.3. The van der Waals surface area contributed by atoms with Crippen molar-refractivity contribution in [3.8, 4) is 0 Å². The predicted molar refractivity (Wildman–Crippen MR) is 82.5 cm³/mol. The summed E-state index contributed by atoms with van der Waals surface area (Å²) in [6.45, 7) is 0.394. The van der Waals surface area contributed by atoms with E-state index in [9.17, 15) is 4.79 Å². The molecule has 6 nitrogen and oxygen atoms in total. The molecule has 0 bridgehead atoms. The van der Waals surface area contributed by atoms with Crippen molar-refractivity contribution in [2.24, 2.45) is 7.05 Å². The molecule has 2 heterocycles. The van der Waals surface area contributed by atoms with E-state index in [4.69, 9.17) is 0 Å². The molecule has 1 aliphatic rings. The Bertz CT molecular complexity index is 861. The number of carbonyl (C=O) groups is 1. The second-order valence-electron chi connectivity index (χ2n) is 5.64. The monoisotopic (exact) mass is 295 g/mol. The minimum atomic E-state index is -0.133. The Balaban J connectivity index is 1.54. The number of H-pyrrole nitrogens is 1. The minimum Gasteiger partial charge on any atom is -0.343 e. The molecule has 1 amide bonds. The zero-order chi connectivity index (χ0) is 15.1. The van der Waals surface area contributed by atoms with E-state index in [1.165, 1.54) is 0 Å². The molecule has 0 fully saturated rings. The molecule has 0 saturated carbocycles. The van der Waals surface area contributed by atoms with E-state index in [1.807, 2.05) is 35.9 Å². The number of nitrogens with zero attached hydrogens (tertiary/aromatic N) is 3. The Hall–Kier alpha value is -2.63. The molecule has 4 rings (SSSR count). The Morgan fingerprint density at radius 3 is 3.09 bits per heavy atom. The molecule has 2 aromatic heterocycles. The summed E-state index contributed by atoms with van der Waals surface area (Å²) in [6.07, 6.45) is 3.01. The number of hydrogen-bond acceptors (Lipinski definition) is 3. The number of para-hydroxylation sites is 2. The number of amides is 1. The number of benzene rings is 1. The van der Waals surface area contributed by atoms with Gasteiger partial charge in [-0.25, -0.2) is 4.98 Å². The fourth-order valence-corrected chi connectivity index (χ4v) is 3.10. The maximum Gasteiger partial charge on any atom is 0.272 e. The average Bonchev–Trinajstić information content (AvgIpc) is 3.20. The van der Waals surface area contributed by atoms with E-state index in [2.05, 4.69) is 20.5 Å². The third-order valence-corrected chi connectivity index (χ3v) is 4.31. The minimum absolute atomic E-state index is 0.133. The van der Waals surface area contributed by atoms with Crippen LogP contribution in [0.15, 0.2) is 24.3 Å². The smallest absolute Gasteiger partial charge is 0.272 e. The van der Waals surface area contributed by atoms with Gasteiger partial charge in [-0.3, -0.25) is 9.89 Å². The van der Waals surface area contributed by atoms with Gasteiger partial charge >= 0.3 is 0 Å². The number of carbonyl (C=O) groups excluding carboxylic acids is 1. The molecule has 112 valence electrons. The molecular formula is C16H17N5O. The molecule has 1 aromatic carbocycles. The lowest BCUT2D eigenvalue weighted by Gasteiger charge is -2.05. The highest BCUT2D eigenvalue weighted by molar-refractivity contribution is 5.94. The summed E-state index contributed by atoms with van der Waals surface area (Å²) in [5.74, 6) is 0.702. The zero-order valence-electron chi connectivity index (χ0n) is 12.4. The van der Waals surface area contributed by atoms with Gasteiger partial charge in [-0.15, -0.1) is 0 Å². The van der Waals surface area contributed by atoms with Gasteiger partial charge < -0.3 is 9.88 Å². The first-order valence-corrected chi connectivity index (χ1v) is 7.48. The molecule has 6 heteroatoms. The van der Waals surface area contributed by atoms with Crippen LogP contribution in [0.1, 0.15) is 34.0 Å². The standard InChI is InChI=1S/C16H17N5O/c1-21-13-8-3-2-6-12(13)18-14(21)9-17-16(22)15-10-5-4-7-11(10)19-20-15/h2-3,6,8H,4-5,7,9H2,1H3,(H,17,22)(H,19,20). The summed E-state index contributed by atoms with van der Waals surface area (Å²) < 4.78 is 2.00. The summed E-state index contributed by atoms with van der Waals surface area (Å²) >= 11 is 0. The van der Waals surface area contributed by atoms with E-state index in [-0.39, 0.29) is 5.91 Å². The second-order valence-corrected chi connectivity index (χ2v) is 5.64. The van der Waals surface area contributed by atoms with Crippen LogP contribution in [0.3, 0.4) is 0 Å². The topological polar surface area (TPSA) is 75.6 Å². The van der Waals surface area contributed by atoms with Crippen LogP contribution >= 0.6 is 0 Å². The highest BCUT2D eigenvalue weighted by atomic mass is 16.1. The van der Waals surface area contributed by atoms with E-state index in [1.54, 1.807) is 0 Å². The fourth-order valence-electron chi connectivity index (χ4n) is 3.10. The van der Waals surface area contributed by atoms with E-state index in [0.29, 0.717) is 12.2 Å². The first-order valence-electron chi connectivity index (χ1n) is 7.48. The first-order chi connectivity index (χ1) is 10.7. The van der Waals surface area contributed by atoms with Crippen LogP contribution in [0.25, 0.3) is 11.0 Å². The van der Waals surface area contributed by atoms with Crippen LogP contribution in [0.4, 0.5) is 0 Å². The number of aromatic nitrogens is 4. The van der Waals surface area contributed by atoms with Crippen molar-refractivity contribution >= 4 is 16.9 Å². The Labute approximate surface area is 127 Å². The lowest BCUT2D eigenvalue weighted by Crippen LogP contribution is -2.25. The summed E-state index contributed by atoms with van der Waals surface area (Å²) in [7, 11) is 1.96. The number of nitrogens with one attached hydrogen (secondary N) is 2.